The van der Waals surface area contributed by atoms with Crippen LogP contribution in [0.5, 0.6) is 0 Å². The van der Waals surface area contributed by atoms with E-state index in [4.69, 9.17) is 14.2 Å². The molecule has 0 heterocycles. The summed E-state index contributed by atoms with van der Waals surface area (Å²) < 4.78 is 14.7. The third-order valence-electron chi connectivity index (χ3n) is 1.72. The molecule has 0 radical (unpaired) electrons. The van der Waals surface area contributed by atoms with Gasteiger partial charge in [-0.25, -0.2) is 9.59 Å². The molecule has 0 spiro atoms. The first-order valence-electron chi connectivity index (χ1n) is 5.06. The molecule has 0 N–H and O–H groups in total. The Labute approximate surface area is 101 Å². The Kier molecular flexibility index (Phi) is 6.89. The molecule has 0 saturated heterocycles. The van der Waals surface area contributed by atoms with Crippen LogP contribution in [-0.2, 0) is 23.8 Å². The highest BCUT2D eigenvalue weighted by atomic mass is 16.6. The van der Waals surface area contributed by atoms with Crippen LogP contribution in [0.1, 0.15) is 13.8 Å². The summed E-state index contributed by atoms with van der Waals surface area (Å²) in [6.07, 6.45) is -0.646. The van der Waals surface area contributed by atoms with E-state index in [0.717, 1.165) is 0 Å². The largest absolute Gasteiger partial charge is 0.458 e. The molecular formula is C12H18O5. The van der Waals surface area contributed by atoms with E-state index in [9.17, 15) is 9.59 Å². The van der Waals surface area contributed by atoms with Gasteiger partial charge < -0.3 is 14.2 Å². The molecule has 96 valence electrons. The third kappa shape index (κ3) is 6.52. The summed E-state index contributed by atoms with van der Waals surface area (Å²) in [6.45, 7) is 10.0. The molecule has 0 aromatic heterocycles. The first-order chi connectivity index (χ1) is 7.88. The minimum atomic E-state index is -0.646. The number of esters is 2. The van der Waals surface area contributed by atoms with Gasteiger partial charge in [-0.1, -0.05) is 13.2 Å². The molecule has 0 fully saturated rings. The first kappa shape index (κ1) is 15.4. The summed E-state index contributed by atoms with van der Waals surface area (Å²) >= 11 is 0. The fourth-order valence-electron chi connectivity index (χ4n) is 0.846. The summed E-state index contributed by atoms with van der Waals surface area (Å²) in [5.74, 6) is -1.07. The van der Waals surface area contributed by atoms with Crippen LogP contribution in [-0.4, -0.2) is 38.4 Å². The fourth-order valence-corrected chi connectivity index (χ4v) is 0.846. The summed E-state index contributed by atoms with van der Waals surface area (Å²) in [6, 6.07) is 0. The summed E-state index contributed by atoms with van der Waals surface area (Å²) in [5, 5.41) is 0. The van der Waals surface area contributed by atoms with Gasteiger partial charge in [0.1, 0.15) is 6.61 Å². The van der Waals surface area contributed by atoms with Gasteiger partial charge in [-0.05, 0) is 13.8 Å². The predicted octanol–water partition coefficient (Wildman–Crippen LogP) is 1.24. The highest BCUT2D eigenvalue weighted by Gasteiger charge is 2.17. The molecule has 0 aliphatic rings. The van der Waals surface area contributed by atoms with Crippen LogP contribution in [0, 0.1) is 0 Å². The average molecular weight is 242 g/mol. The summed E-state index contributed by atoms with van der Waals surface area (Å²) in [5.41, 5.74) is 0.560. The van der Waals surface area contributed by atoms with Crippen molar-refractivity contribution in [3.8, 4) is 0 Å². The highest BCUT2D eigenvalue weighted by Crippen LogP contribution is 2.02. The lowest BCUT2D eigenvalue weighted by Crippen LogP contribution is -2.29. The maximum atomic E-state index is 11.3. The van der Waals surface area contributed by atoms with E-state index in [1.165, 1.54) is 21.0 Å². The summed E-state index contributed by atoms with van der Waals surface area (Å²) in [4.78, 5) is 22.4. The zero-order valence-electron chi connectivity index (χ0n) is 10.4. The third-order valence-corrected chi connectivity index (χ3v) is 1.72. The molecule has 5 nitrogen and oxygen atoms in total. The van der Waals surface area contributed by atoms with Gasteiger partial charge in [0.15, 0.2) is 6.10 Å². The van der Waals surface area contributed by atoms with Crippen LogP contribution in [0.3, 0.4) is 0 Å². The van der Waals surface area contributed by atoms with Crippen molar-refractivity contribution >= 4 is 11.9 Å². The molecule has 0 aromatic carbocycles. The van der Waals surface area contributed by atoms with Crippen LogP contribution < -0.4 is 0 Å². The molecule has 0 aliphatic heterocycles. The molecule has 0 bridgehead atoms. The van der Waals surface area contributed by atoms with Crippen molar-refractivity contribution in [2.75, 3.05) is 20.3 Å². The second kappa shape index (κ2) is 7.62. The number of hydrogen-bond donors (Lipinski definition) is 0. The van der Waals surface area contributed by atoms with E-state index >= 15 is 0 Å². The van der Waals surface area contributed by atoms with Gasteiger partial charge >= 0.3 is 11.9 Å². The van der Waals surface area contributed by atoms with Crippen molar-refractivity contribution in [2.24, 2.45) is 0 Å². The van der Waals surface area contributed by atoms with Gasteiger partial charge in [0.25, 0.3) is 0 Å². The Morgan fingerprint density at radius 3 is 2.00 bits per heavy atom. The molecule has 1 atom stereocenters. The normalized spacial score (nSPS) is 11.5. The van der Waals surface area contributed by atoms with Crippen LogP contribution in [0.15, 0.2) is 24.3 Å². The van der Waals surface area contributed by atoms with Gasteiger partial charge in [0.2, 0.25) is 0 Å². The Morgan fingerprint density at radius 2 is 1.59 bits per heavy atom. The minimum Gasteiger partial charge on any atom is -0.458 e. The van der Waals surface area contributed by atoms with Crippen molar-refractivity contribution in [1.82, 2.24) is 0 Å². The van der Waals surface area contributed by atoms with Crippen molar-refractivity contribution < 1.29 is 23.8 Å². The minimum absolute atomic E-state index is 0.0709. The fraction of sp³-hybridized carbons (Fsp3) is 0.500. The summed E-state index contributed by atoms with van der Waals surface area (Å²) in [7, 11) is 1.46. The molecule has 0 aliphatic carbocycles. The van der Waals surface area contributed by atoms with E-state index in [0.29, 0.717) is 0 Å². The predicted molar refractivity (Wildman–Crippen MR) is 62.3 cm³/mol. The van der Waals surface area contributed by atoms with Crippen LogP contribution >= 0.6 is 0 Å². The van der Waals surface area contributed by atoms with Crippen LogP contribution in [0.25, 0.3) is 0 Å². The second-order valence-corrected chi connectivity index (χ2v) is 3.64. The topological polar surface area (TPSA) is 61.8 Å². The van der Waals surface area contributed by atoms with Crippen LogP contribution in [0.2, 0.25) is 0 Å². The molecule has 5 heteroatoms. The van der Waals surface area contributed by atoms with E-state index in [1.807, 2.05) is 0 Å². The van der Waals surface area contributed by atoms with Gasteiger partial charge in [0, 0.05) is 18.3 Å². The van der Waals surface area contributed by atoms with E-state index in [-0.39, 0.29) is 24.4 Å². The molecule has 0 amide bonds. The van der Waals surface area contributed by atoms with Gasteiger partial charge in [-0.3, -0.25) is 0 Å². The second-order valence-electron chi connectivity index (χ2n) is 3.64. The number of methoxy groups -OCH3 is 1. The van der Waals surface area contributed by atoms with Crippen molar-refractivity contribution in [3.63, 3.8) is 0 Å². The van der Waals surface area contributed by atoms with Crippen LogP contribution in [0.4, 0.5) is 0 Å². The molecular weight excluding hydrogens is 224 g/mol. The smallest absolute Gasteiger partial charge is 0.333 e. The highest BCUT2D eigenvalue weighted by molar-refractivity contribution is 5.87. The number of ether oxygens (including phenoxy) is 3. The zero-order chi connectivity index (χ0) is 13.4. The molecule has 1 unspecified atom stereocenters. The standard InChI is InChI=1S/C12H18O5/c1-8(2)11(13)16-7-10(6-15-5)17-12(14)9(3)4/h10H,1,3,6-7H2,2,4-5H3. The van der Waals surface area contributed by atoms with Gasteiger partial charge in [0.05, 0.1) is 6.61 Å². The first-order valence-corrected chi connectivity index (χ1v) is 5.06. The van der Waals surface area contributed by atoms with E-state index < -0.39 is 18.0 Å². The quantitative estimate of drug-likeness (QED) is 0.496. The Morgan fingerprint density at radius 1 is 1.06 bits per heavy atom. The molecule has 17 heavy (non-hydrogen) atoms. The lowest BCUT2D eigenvalue weighted by atomic mass is 10.3. The molecule has 0 aromatic rings. The number of rotatable bonds is 7. The van der Waals surface area contributed by atoms with Gasteiger partial charge in [-0.2, -0.15) is 0 Å². The molecule has 0 rings (SSSR count). The average Bonchev–Trinajstić information content (AvgIpc) is 2.25. The Bertz CT molecular complexity index is 319. The number of carbonyl (C=O) groups excluding carboxylic acids is 2. The zero-order valence-corrected chi connectivity index (χ0v) is 10.4. The Hall–Kier alpha value is -1.62. The van der Waals surface area contributed by atoms with E-state index in [1.54, 1.807) is 0 Å². The van der Waals surface area contributed by atoms with Gasteiger partial charge in [-0.15, -0.1) is 0 Å². The SMILES string of the molecule is C=C(C)C(=O)OCC(COC)OC(=O)C(=C)C. The maximum Gasteiger partial charge on any atom is 0.333 e. The number of hydrogen-bond acceptors (Lipinski definition) is 5. The Balaban J connectivity index is 4.24. The van der Waals surface area contributed by atoms with Crippen molar-refractivity contribution in [3.05, 3.63) is 24.3 Å². The van der Waals surface area contributed by atoms with E-state index in [2.05, 4.69) is 13.2 Å². The monoisotopic (exact) mass is 242 g/mol. The lowest BCUT2D eigenvalue weighted by Gasteiger charge is -2.17. The van der Waals surface area contributed by atoms with Crippen molar-refractivity contribution in [2.45, 2.75) is 20.0 Å². The number of carbonyl (C=O) groups is 2. The van der Waals surface area contributed by atoms with Crippen molar-refractivity contribution in [1.29, 1.82) is 0 Å². The lowest BCUT2D eigenvalue weighted by molar-refractivity contribution is -0.156. The molecule has 0 saturated carbocycles. The maximum absolute atomic E-state index is 11.3.